The maximum absolute atomic E-state index is 14.1. The second kappa shape index (κ2) is 4.49. The van der Waals surface area contributed by atoms with Crippen LogP contribution in [0.5, 0.6) is 0 Å². The SMILES string of the molecule is N=c1c2nnn([C@@H]3C[C@H](CO)[C@@H](O)[C@@H]3F)c2ncn1O. The number of hydrogen-bond acceptors (Lipinski definition) is 7. The molecule has 1 saturated carbocycles. The van der Waals surface area contributed by atoms with Gasteiger partial charge in [-0.1, -0.05) is 5.21 Å². The largest absolute Gasteiger partial charge is 0.425 e. The predicted molar refractivity (Wildman–Crippen MR) is 61.5 cm³/mol. The lowest BCUT2D eigenvalue weighted by atomic mass is 10.1. The Kier molecular flexibility index (Phi) is 2.91. The summed E-state index contributed by atoms with van der Waals surface area (Å²) in [5.41, 5.74) is -0.128. The van der Waals surface area contributed by atoms with E-state index in [1.807, 2.05) is 0 Å². The normalized spacial score (nSPS) is 30.1. The zero-order chi connectivity index (χ0) is 14.4. The molecule has 4 atom stereocenters. The lowest BCUT2D eigenvalue weighted by molar-refractivity contribution is 0.0392. The highest BCUT2D eigenvalue weighted by atomic mass is 19.1. The van der Waals surface area contributed by atoms with Crippen molar-refractivity contribution < 1.29 is 19.8 Å². The van der Waals surface area contributed by atoms with Crippen LogP contribution >= 0.6 is 0 Å². The van der Waals surface area contributed by atoms with Gasteiger partial charge in [0.25, 0.3) is 0 Å². The first-order chi connectivity index (χ1) is 9.54. The Labute approximate surface area is 111 Å². The fourth-order valence-electron chi connectivity index (χ4n) is 2.55. The number of alkyl halides is 1. The molecule has 0 aliphatic heterocycles. The summed E-state index contributed by atoms with van der Waals surface area (Å²) in [5.74, 6) is -0.573. The molecule has 2 aromatic rings. The third kappa shape index (κ3) is 1.68. The number of nitrogens with zero attached hydrogens (tertiary/aromatic N) is 5. The Morgan fingerprint density at radius 3 is 2.90 bits per heavy atom. The molecule has 1 aliphatic carbocycles. The Morgan fingerprint density at radius 2 is 2.25 bits per heavy atom. The first-order valence-electron chi connectivity index (χ1n) is 6.04. The van der Waals surface area contributed by atoms with E-state index in [4.69, 9.17) is 10.5 Å². The maximum Gasteiger partial charge on any atom is 0.194 e. The van der Waals surface area contributed by atoms with E-state index in [1.165, 1.54) is 4.68 Å². The summed E-state index contributed by atoms with van der Waals surface area (Å²) in [6, 6.07) is -0.811. The van der Waals surface area contributed by atoms with Gasteiger partial charge in [0.1, 0.15) is 12.5 Å². The molecule has 2 aromatic heterocycles. The Bertz CT molecular complexity index is 700. The number of hydrogen-bond donors (Lipinski definition) is 4. The molecule has 1 fully saturated rings. The summed E-state index contributed by atoms with van der Waals surface area (Å²) in [6.07, 6.45) is -1.69. The molecule has 10 heteroatoms. The standard InChI is InChI=1S/C10H13FN6O3/c11-6-5(1-4(2-18)8(6)19)17-10-7(14-15-17)9(12)16(20)3-13-10/h3-6,8,12,18-20H,1-2H2/t4-,5-,6-,8-/m1/s1. The molecule has 108 valence electrons. The van der Waals surface area contributed by atoms with Crippen LogP contribution in [0.4, 0.5) is 4.39 Å². The summed E-state index contributed by atoms with van der Waals surface area (Å²) in [7, 11) is 0. The van der Waals surface area contributed by atoms with Gasteiger partial charge in [0.15, 0.2) is 16.7 Å². The Morgan fingerprint density at radius 1 is 1.50 bits per heavy atom. The Hall–Kier alpha value is -2.07. The van der Waals surface area contributed by atoms with Crippen molar-refractivity contribution in [1.29, 1.82) is 5.41 Å². The minimum Gasteiger partial charge on any atom is -0.425 e. The minimum absolute atomic E-state index is 0.0316. The topological polar surface area (TPSA) is 133 Å². The first-order valence-corrected chi connectivity index (χ1v) is 6.04. The summed E-state index contributed by atoms with van der Waals surface area (Å²) in [4.78, 5) is 3.88. The van der Waals surface area contributed by atoms with E-state index in [9.17, 15) is 14.7 Å². The molecule has 1 aliphatic rings. The number of nitrogens with one attached hydrogen (secondary N) is 1. The van der Waals surface area contributed by atoms with Gasteiger partial charge in [0.05, 0.1) is 12.1 Å². The number of aliphatic hydroxyl groups excluding tert-OH is 2. The van der Waals surface area contributed by atoms with Crippen LogP contribution in [0.1, 0.15) is 12.5 Å². The van der Waals surface area contributed by atoms with E-state index in [1.54, 1.807) is 0 Å². The van der Waals surface area contributed by atoms with Crippen LogP contribution in [0.15, 0.2) is 6.33 Å². The molecule has 3 rings (SSSR count). The summed E-state index contributed by atoms with van der Waals surface area (Å²) in [6.45, 7) is -0.321. The average molecular weight is 284 g/mol. The van der Waals surface area contributed by atoms with Crippen LogP contribution < -0.4 is 5.49 Å². The monoisotopic (exact) mass is 284 g/mol. The molecule has 2 heterocycles. The van der Waals surface area contributed by atoms with Crippen molar-refractivity contribution in [3.63, 3.8) is 0 Å². The fraction of sp³-hybridized carbons (Fsp3) is 0.600. The van der Waals surface area contributed by atoms with E-state index < -0.39 is 24.2 Å². The smallest absolute Gasteiger partial charge is 0.194 e. The predicted octanol–water partition coefficient (Wildman–Crippen LogP) is -1.40. The number of aliphatic hydroxyl groups is 2. The number of rotatable bonds is 2. The van der Waals surface area contributed by atoms with Crippen LogP contribution in [0.25, 0.3) is 11.2 Å². The van der Waals surface area contributed by atoms with Crippen molar-refractivity contribution in [2.45, 2.75) is 24.7 Å². The minimum atomic E-state index is -1.60. The summed E-state index contributed by atoms with van der Waals surface area (Å²) >= 11 is 0. The van der Waals surface area contributed by atoms with E-state index in [-0.39, 0.29) is 29.7 Å². The quantitative estimate of drug-likeness (QED) is 0.501. The molecule has 9 nitrogen and oxygen atoms in total. The second-order valence-electron chi connectivity index (χ2n) is 4.82. The summed E-state index contributed by atoms with van der Waals surface area (Å²) in [5, 5.41) is 43.2. The van der Waals surface area contributed by atoms with Gasteiger partial charge in [0.2, 0.25) is 0 Å². The molecule has 0 radical (unpaired) electrons. The molecule has 0 bridgehead atoms. The van der Waals surface area contributed by atoms with Crippen LogP contribution in [-0.4, -0.2) is 59.0 Å². The van der Waals surface area contributed by atoms with E-state index in [0.29, 0.717) is 4.73 Å². The van der Waals surface area contributed by atoms with Gasteiger partial charge in [0, 0.05) is 12.5 Å². The van der Waals surface area contributed by atoms with Crippen molar-refractivity contribution in [2.75, 3.05) is 6.61 Å². The van der Waals surface area contributed by atoms with Crippen molar-refractivity contribution in [1.82, 2.24) is 24.7 Å². The van der Waals surface area contributed by atoms with Gasteiger partial charge < -0.3 is 15.4 Å². The lowest BCUT2D eigenvalue weighted by Crippen LogP contribution is -2.27. The first kappa shape index (κ1) is 12.9. The zero-order valence-electron chi connectivity index (χ0n) is 10.3. The van der Waals surface area contributed by atoms with Gasteiger partial charge in [-0.2, -0.15) is 4.73 Å². The molecule has 4 N–H and O–H groups in total. The molecule has 0 spiro atoms. The van der Waals surface area contributed by atoms with Crippen LogP contribution in [0.2, 0.25) is 0 Å². The average Bonchev–Trinajstić information content (AvgIpc) is 2.98. The van der Waals surface area contributed by atoms with Crippen molar-refractivity contribution in [3.8, 4) is 0 Å². The van der Waals surface area contributed by atoms with Crippen LogP contribution in [0, 0.1) is 11.3 Å². The van der Waals surface area contributed by atoms with Crippen LogP contribution in [-0.2, 0) is 0 Å². The fourth-order valence-corrected chi connectivity index (χ4v) is 2.55. The van der Waals surface area contributed by atoms with E-state index in [0.717, 1.165) is 6.33 Å². The van der Waals surface area contributed by atoms with Crippen molar-refractivity contribution in [3.05, 3.63) is 11.8 Å². The molecule has 0 amide bonds. The Balaban J connectivity index is 2.08. The molecular formula is C10H13FN6O3. The number of fused-ring (bicyclic) bond motifs is 1. The van der Waals surface area contributed by atoms with Gasteiger partial charge in [-0.15, -0.1) is 5.10 Å². The van der Waals surface area contributed by atoms with Gasteiger partial charge >= 0.3 is 0 Å². The lowest BCUT2D eigenvalue weighted by Gasteiger charge is -2.14. The molecule has 0 unspecified atom stereocenters. The van der Waals surface area contributed by atoms with Crippen molar-refractivity contribution >= 4 is 11.2 Å². The maximum atomic E-state index is 14.1. The highest BCUT2D eigenvalue weighted by Crippen LogP contribution is 2.37. The molecule has 20 heavy (non-hydrogen) atoms. The van der Waals surface area contributed by atoms with Gasteiger partial charge in [-0.3, -0.25) is 5.41 Å². The summed E-state index contributed by atoms with van der Waals surface area (Å²) < 4.78 is 15.8. The zero-order valence-corrected chi connectivity index (χ0v) is 10.3. The van der Waals surface area contributed by atoms with Crippen molar-refractivity contribution in [2.24, 2.45) is 5.92 Å². The number of halogens is 1. The van der Waals surface area contributed by atoms with Gasteiger partial charge in [-0.25, -0.2) is 14.1 Å². The number of aromatic nitrogens is 5. The third-order valence-electron chi connectivity index (χ3n) is 3.68. The van der Waals surface area contributed by atoms with Crippen LogP contribution in [0.3, 0.4) is 0 Å². The highest BCUT2D eigenvalue weighted by molar-refractivity contribution is 5.67. The van der Waals surface area contributed by atoms with Gasteiger partial charge in [-0.05, 0) is 6.42 Å². The second-order valence-corrected chi connectivity index (χ2v) is 4.82. The third-order valence-corrected chi connectivity index (χ3v) is 3.68. The molecule has 0 saturated heterocycles. The molecular weight excluding hydrogens is 271 g/mol. The van der Waals surface area contributed by atoms with E-state index >= 15 is 0 Å². The molecule has 0 aromatic carbocycles. The highest BCUT2D eigenvalue weighted by Gasteiger charge is 2.44. The van der Waals surface area contributed by atoms with E-state index in [2.05, 4.69) is 15.3 Å².